The number of ether oxygens (including phenoxy) is 1. The molecule has 2 amide bonds. The van der Waals surface area contributed by atoms with Crippen LogP contribution in [0.25, 0.3) is 0 Å². The fourth-order valence-electron chi connectivity index (χ4n) is 5.93. The van der Waals surface area contributed by atoms with Gasteiger partial charge >= 0.3 is 0 Å². The molecule has 27 heavy (non-hydrogen) atoms. The fourth-order valence-corrected chi connectivity index (χ4v) is 5.93. The maximum absolute atomic E-state index is 13.0. The molecule has 0 unspecified atom stereocenters. The van der Waals surface area contributed by atoms with Crippen LogP contribution in [0.1, 0.15) is 50.7 Å². The normalized spacial score (nSPS) is 31.7. The Labute approximate surface area is 161 Å². The Morgan fingerprint density at radius 2 is 2.22 bits per heavy atom. The number of aryl methyl sites for hydroxylation is 1. The lowest BCUT2D eigenvalue weighted by Crippen LogP contribution is -2.45. The van der Waals surface area contributed by atoms with Crippen molar-refractivity contribution >= 4 is 11.8 Å². The van der Waals surface area contributed by atoms with Gasteiger partial charge in [-0.15, -0.1) is 0 Å². The van der Waals surface area contributed by atoms with Gasteiger partial charge in [0.15, 0.2) is 0 Å². The first-order valence-electron chi connectivity index (χ1n) is 10.3. The minimum atomic E-state index is -0.331. The van der Waals surface area contributed by atoms with Crippen molar-refractivity contribution in [2.24, 2.45) is 17.8 Å². The zero-order chi connectivity index (χ0) is 19.2. The number of hydrogen-bond acceptors (Lipinski definition) is 3. The third kappa shape index (κ3) is 2.66. The summed E-state index contributed by atoms with van der Waals surface area (Å²) < 4.78 is 5.44. The Morgan fingerprint density at radius 1 is 1.41 bits per heavy atom. The Kier molecular flexibility index (Phi) is 4.65. The molecule has 0 bridgehead atoms. The van der Waals surface area contributed by atoms with Gasteiger partial charge in [0.05, 0.1) is 12.6 Å². The molecule has 2 fully saturated rings. The lowest BCUT2D eigenvalue weighted by atomic mass is 9.76. The number of hydrogen-bond donors (Lipinski definition) is 1. The van der Waals surface area contributed by atoms with Crippen molar-refractivity contribution in [2.75, 3.05) is 20.2 Å². The lowest BCUT2D eigenvalue weighted by Gasteiger charge is -2.39. The van der Waals surface area contributed by atoms with E-state index < -0.39 is 0 Å². The first kappa shape index (κ1) is 18.3. The summed E-state index contributed by atoms with van der Waals surface area (Å²) in [4.78, 5) is 28.0. The topological polar surface area (TPSA) is 58.6 Å². The first-order valence-corrected chi connectivity index (χ1v) is 10.3. The molecule has 2 aliphatic heterocycles. The van der Waals surface area contributed by atoms with Gasteiger partial charge in [0.1, 0.15) is 5.75 Å². The summed E-state index contributed by atoms with van der Waals surface area (Å²) in [5.41, 5.74) is 2.19. The lowest BCUT2D eigenvalue weighted by molar-refractivity contribution is -0.131. The summed E-state index contributed by atoms with van der Waals surface area (Å²) in [6.07, 6.45) is 4.19. The molecule has 2 heterocycles. The third-order valence-corrected chi connectivity index (χ3v) is 6.93. The van der Waals surface area contributed by atoms with Gasteiger partial charge in [-0.2, -0.15) is 0 Å². The van der Waals surface area contributed by atoms with Crippen molar-refractivity contribution in [3.8, 4) is 5.75 Å². The predicted octanol–water partition coefficient (Wildman–Crippen LogP) is 2.87. The van der Waals surface area contributed by atoms with E-state index in [9.17, 15) is 9.59 Å². The van der Waals surface area contributed by atoms with Gasteiger partial charge in [0, 0.05) is 31.3 Å². The van der Waals surface area contributed by atoms with Gasteiger partial charge in [0.25, 0.3) is 0 Å². The molecule has 4 atom stereocenters. The summed E-state index contributed by atoms with van der Waals surface area (Å²) >= 11 is 0. The van der Waals surface area contributed by atoms with Crippen molar-refractivity contribution in [1.29, 1.82) is 0 Å². The van der Waals surface area contributed by atoms with Gasteiger partial charge in [-0.05, 0) is 54.9 Å². The average Bonchev–Trinajstić information content (AvgIpc) is 3.01. The highest BCUT2D eigenvalue weighted by Crippen LogP contribution is 2.60. The van der Waals surface area contributed by atoms with Crippen LogP contribution in [-0.2, 0) is 21.5 Å². The number of amides is 2. The number of methoxy groups -OCH3 is 1. The molecular weight excluding hydrogens is 340 g/mol. The SMILES string of the molecule is CCCNC(=O)[C@@H]1[C@@H](C)C[C@@]23c4ccc(OC)cc4CCCN2C(=O)C[C@@H]13. The maximum atomic E-state index is 13.0. The van der Waals surface area contributed by atoms with Crippen LogP contribution in [0.15, 0.2) is 18.2 Å². The van der Waals surface area contributed by atoms with E-state index in [1.807, 2.05) is 6.07 Å². The van der Waals surface area contributed by atoms with Crippen molar-refractivity contribution in [3.05, 3.63) is 29.3 Å². The molecule has 0 radical (unpaired) electrons. The molecule has 1 aromatic carbocycles. The van der Waals surface area contributed by atoms with Gasteiger partial charge in [-0.25, -0.2) is 0 Å². The molecule has 5 heteroatoms. The summed E-state index contributed by atoms with van der Waals surface area (Å²) in [5, 5.41) is 3.09. The largest absolute Gasteiger partial charge is 0.497 e. The van der Waals surface area contributed by atoms with Crippen LogP contribution in [0.2, 0.25) is 0 Å². The van der Waals surface area contributed by atoms with Gasteiger partial charge in [-0.1, -0.05) is 19.9 Å². The highest BCUT2D eigenvalue weighted by molar-refractivity contribution is 5.86. The number of nitrogens with zero attached hydrogens (tertiary/aromatic N) is 1. The van der Waals surface area contributed by atoms with Crippen molar-refractivity contribution in [3.63, 3.8) is 0 Å². The monoisotopic (exact) mass is 370 g/mol. The number of carbonyl (C=O) groups is 2. The Morgan fingerprint density at radius 3 is 2.96 bits per heavy atom. The summed E-state index contributed by atoms with van der Waals surface area (Å²) in [7, 11) is 1.69. The van der Waals surface area contributed by atoms with Crippen LogP contribution in [0.5, 0.6) is 5.75 Å². The molecule has 1 spiro atoms. The minimum Gasteiger partial charge on any atom is -0.497 e. The Hall–Kier alpha value is -2.04. The van der Waals surface area contributed by atoms with Crippen molar-refractivity contribution in [1.82, 2.24) is 10.2 Å². The third-order valence-electron chi connectivity index (χ3n) is 6.93. The van der Waals surface area contributed by atoms with Crippen LogP contribution < -0.4 is 10.1 Å². The molecule has 146 valence electrons. The maximum Gasteiger partial charge on any atom is 0.223 e. The van der Waals surface area contributed by atoms with Crippen molar-refractivity contribution < 1.29 is 14.3 Å². The van der Waals surface area contributed by atoms with Gasteiger partial charge in [0.2, 0.25) is 11.8 Å². The van der Waals surface area contributed by atoms with Crippen molar-refractivity contribution in [2.45, 2.75) is 51.5 Å². The quantitative estimate of drug-likeness (QED) is 0.887. The summed E-state index contributed by atoms with van der Waals surface area (Å²) in [6.45, 7) is 5.73. The number of carbonyl (C=O) groups excluding carboxylic acids is 2. The fraction of sp³-hybridized carbons (Fsp3) is 0.636. The smallest absolute Gasteiger partial charge is 0.223 e. The first-order chi connectivity index (χ1) is 13.0. The summed E-state index contributed by atoms with van der Waals surface area (Å²) in [6, 6.07) is 6.28. The summed E-state index contributed by atoms with van der Waals surface area (Å²) in [5.74, 6) is 1.42. The molecule has 3 aliphatic rings. The van der Waals surface area contributed by atoms with Gasteiger partial charge in [-0.3, -0.25) is 9.59 Å². The van der Waals surface area contributed by atoms with Gasteiger partial charge < -0.3 is 15.0 Å². The second-order valence-electron chi connectivity index (χ2n) is 8.41. The molecule has 1 N–H and O–H groups in total. The number of nitrogens with one attached hydrogen (secondary N) is 1. The molecule has 1 saturated heterocycles. The molecule has 1 saturated carbocycles. The minimum absolute atomic E-state index is 0.0575. The average molecular weight is 370 g/mol. The van der Waals surface area contributed by atoms with E-state index in [1.165, 1.54) is 11.1 Å². The number of fused-ring (bicyclic) bond motifs is 1. The van der Waals surface area contributed by atoms with Crippen LogP contribution >= 0.6 is 0 Å². The van der Waals surface area contributed by atoms with E-state index in [2.05, 4.69) is 36.2 Å². The second kappa shape index (κ2) is 6.84. The van der Waals surface area contributed by atoms with E-state index in [0.29, 0.717) is 13.0 Å². The Balaban J connectivity index is 1.80. The number of benzene rings is 1. The Bertz CT molecular complexity index is 762. The molecule has 5 nitrogen and oxygen atoms in total. The zero-order valence-corrected chi connectivity index (χ0v) is 16.6. The van der Waals surface area contributed by atoms with E-state index in [0.717, 1.165) is 38.0 Å². The van der Waals surface area contributed by atoms with Crippen LogP contribution in [0, 0.1) is 17.8 Å². The van der Waals surface area contributed by atoms with E-state index in [1.54, 1.807) is 7.11 Å². The predicted molar refractivity (Wildman–Crippen MR) is 103 cm³/mol. The zero-order valence-electron chi connectivity index (χ0n) is 16.6. The van der Waals surface area contributed by atoms with Crippen LogP contribution in [-0.4, -0.2) is 36.9 Å². The van der Waals surface area contributed by atoms with E-state index in [4.69, 9.17) is 4.74 Å². The highest BCUT2D eigenvalue weighted by Gasteiger charge is 2.64. The van der Waals surface area contributed by atoms with E-state index >= 15 is 0 Å². The molecule has 1 aromatic rings. The standard InChI is InChI=1S/C22H30N2O3/c1-4-9-23-21(26)20-14(2)13-22-17-8-7-16(27-3)11-15(17)6-5-10-24(22)19(25)12-18(20)22/h7-8,11,14,18,20H,4-6,9-10,12-13H2,1-3H3,(H,23,26)/t14-,18-,20+,22-/m0/s1. The molecule has 0 aromatic heterocycles. The molecular formula is C22H30N2O3. The second-order valence-corrected chi connectivity index (χ2v) is 8.41. The molecule has 4 rings (SSSR count). The van der Waals surface area contributed by atoms with E-state index in [-0.39, 0.29) is 35.1 Å². The van der Waals surface area contributed by atoms with Crippen LogP contribution in [0.3, 0.4) is 0 Å². The number of rotatable bonds is 4. The molecule has 1 aliphatic carbocycles. The highest BCUT2D eigenvalue weighted by atomic mass is 16.5. The van der Waals surface area contributed by atoms with Crippen LogP contribution in [0.4, 0.5) is 0 Å².